The molecule has 2 aliphatic heterocycles. The van der Waals surface area contributed by atoms with Crippen LogP contribution in [-0.4, -0.2) is 24.5 Å². The predicted molar refractivity (Wildman–Crippen MR) is 74.9 cm³/mol. The van der Waals surface area contributed by atoms with Crippen LogP contribution < -0.4 is 5.32 Å². The predicted octanol–water partition coefficient (Wildman–Crippen LogP) is 2.41. The molecule has 1 spiro atoms. The average molecular weight is 279 g/mol. The van der Waals surface area contributed by atoms with Gasteiger partial charge in [-0.3, -0.25) is 14.9 Å². The van der Waals surface area contributed by atoms with Crippen molar-refractivity contribution in [2.45, 2.75) is 64.4 Å². The third-order valence-corrected chi connectivity index (χ3v) is 5.63. The highest BCUT2D eigenvalue weighted by Crippen LogP contribution is 2.52. The molecule has 4 heteroatoms. The van der Waals surface area contributed by atoms with Gasteiger partial charge in [-0.1, -0.05) is 19.8 Å². The maximum absolute atomic E-state index is 12.5. The van der Waals surface area contributed by atoms with Crippen molar-refractivity contribution >= 4 is 11.8 Å². The van der Waals surface area contributed by atoms with E-state index in [0.717, 1.165) is 32.1 Å². The Bertz CT molecular complexity index is 403. The second kappa shape index (κ2) is 5.47. The van der Waals surface area contributed by atoms with Crippen LogP contribution in [0.1, 0.15) is 58.3 Å². The molecule has 0 bridgehead atoms. The molecule has 112 valence electrons. The van der Waals surface area contributed by atoms with Gasteiger partial charge < -0.3 is 4.74 Å². The lowest BCUT2D eigenvalue weighted by atomic mass is 9.59. The van der Waals surface area contributed by atoms with Crippen molar-refractivity contribution < 1.29 is 14.3 Å². The smallest absolute Gasteiger partial charge is 0.230 e. The Morgan fingerprint density at radius 2 is 2.05 bits per heavy atom. The summed E-state index contributed by atoms with van der Waals surface area (Å²) < 4.78 is 5.79. The Hall–Kier alpha value is -0.900. The topological polar surface area (TPSA) is 55.4 Å². The number of hydrogen-bond acceptors (Lipinski definition) is 3. The van der Waals surface area contributed by atoms with E-state index in [9.17, 15) is 9.59 Å². The van der Waals surface area contributed by atoms with E-state index >= 15 is 0 Å². The molecule has 1 N–H and O–H groups in total. The summed E-state index contributed by atoms with van der Waals surface area (Å²) in [5.41, 5.74) is -0.132. The van der Waals surface area contributed by atoms with Crippen molar-refractivity contribution in [3.63, 3.8) is 0 Å². The van der Waals surface area contributed by atoms with E-state index in [2.05, 4.69) is 12.2 Å². The minimum atomic E-state index is -0.132. The molecule has 2 heterocycles. The summed E-state index contributed by atoms with van der Waals surface area (Å²) in [5.74, 6) is 0.408. The van der Waals surface area contributed by atoms with Gasteiger partial charge in [-0.05, 0) is 43.4 Å². The van der Waals surface area contributed by atoms with Gasteiger partial charge in [0.25, 0.3) is 0 Å². The number of piperidine rings is 1. The first-order valence-corrected chi connectivity index (χ1v) is 8.10. The third kappa shape index (κ3) is 2.39. The maximum Gasteiger partial charge on any atom is 0.230 e. The lowest BCUT2D eigenvalue weighted by molar-refractivity contribution is -0.156. The highest BCUT2D eigenvalue weighted by atomic mass is 16.5. The zero-order valence-electron chi connectivity index (χ0n) is 12.3. The first kappa shape index (κ1) is 14.1. The van der Waals surface area contributed by atoms with Crippen LogP contribution >= 0.6 is 0 Å². The van der Waals surface area contributed by atoms with E-state index in [1.54, 1.807) is 0 Å². The summed E-state index contributed by atoms with van der Waals surface area (Å²) in [6, 6.07) is 0. The van der Waals surface area contributed by atoms with E-state index in [0.29, 0.717) is 18.9 Å². The quantitative estimate of drug-likeness (QED) is 0.790. The van der Waals surface area contributed by atoms with Gasteiger partial charge in [-0.2, -0.15) is 0 Å². The second-order valence-electron chi connectivity index (χ2n) is 6.83. The summed E-state index contributed by atoms with van der Waals surface area (Å²) in [5, 5.41) is 2.59. The monoisotopic (exact) mass is 279 g/mol. The summed E-state index contributed by atoms with van der Waals surface area (Å²) in [4.78, 5) is 24.4. The number of carbonyl (C=O) groups is 2. The Morgan fingerprint density at radius 1 is 1.30 bits per heavy atom. The van der Waals surface area contributed by atoms with Gasteiger partial charge in [-0.25, -0.2) is 0 Å². The minimum Gasteiger partial charge on any atom is -0.378 e. The van der Waals surface area contributed by atoms with Gasteiger partial charge in [0.2, 0.25) is 11.8 Å². The van der Waals surface area contributed by atoms with Crippen LogP contribution in [0.25, 0.3) is 0 Å². The molecule has 3 atom stereocenters. The zero-order valence-corrected chi connectivity index (χ0v) is 12.3. The minimum absolute atomic E-state index is 0.00935. The lowest BCUT2D eigenvalue weighted by Gasteiger charge is -2.49. The van der Waals surface area contributed by atoms with E-state index in [1.807, 2.05) is 0 Å². The molecule has 0 aromatic heterocycles. The van der Waals surface area contributed by atoms with Gasteiger partial charge >= 0.3 is 0 Å². The highest BCUT2D eigenvalue weighted by molar-refractivity contribution is 5.99. The van der Waals surface area contributed by atoms with Crippen LogP contribution in [0, 0.1) is 17.3 Å². The number of ether oxygens (including phenoxy) is 1. The van der Waals surface area contributed by atoms with E-state index < -0.39 is 0 Å². The molecule has 3 aliphatic rings. The maximum atomic E-state index is 12.5. The first-order chi connectivity index (χ1) is 9.64. The van der Waals surface area contributed by atoms with Gasteiger partial charge in [0, 0.05) is 18.9 Å². The number of nitrogens with one attached hydrogen (secondary N) is 1. The fraction of sp³-hybridized carbons (Fsp3) is 0.875. The number of carbonyl (C=O) groups excluding carboxylic acids is 2. The molecule has 20 heavy (non-hydrogen) atoms. The van der Waals surface area contributed by atoms with E-state index in [1.165, 1.54) is 12.8 Å². The molecule has 3 unspecified atom stereocenters. The summed E-state index contributed by atoms with van der Waals surface area (Å²) in [6.07, 6.45) is 8.18. The highest BCUT2D eigenvalue weighted by Gasteiger charge is 2.53. The molecular weight excluding hydrogens is 254 g/mol. The standard InChI is InChI=1S/C16H25NO3/c1-2-12-9-16(7-8-20-12)10-13(18)17-15(19)14(16)11-5-3-4-6-11/h11-12,14H,2-10H2,1H3,(H,17,18,19). The number of rotatable bonds is 2. The molecule has 0 radical (unpaired) electrons. The molecule has 0 aromatic carbocycles. The van der Waals surface area contributed by atoms with Crippen molar-refractivity contribution in [3.8, 4) is 0 Å². The Kier molecular flexibility index (Phi) is 3.85. The first-order valence-electron chi connectivity index (χ1n) is 8.10. The normalized spacial score (nSPS) is 39.2. The molecule has 0 aromatic rings. The third-order valence-electron chi connectivity index (χ3n) is 5.63. The lowest BCUT2D eigenvalue weighted by Crippen LogP contribution is -2.57. The molecule has 3 fully saturated rings. The van der Waals surface area contributed by atoms with Crippen molar-refractivity contribution in [3.05, 3.63) is 0 Å². The van der Waals surface area contributed by atoms with Crippen LogP contribution in [0.15, 0.2) is 0 Å². The average Bonchev–Trinajstić information content (AvgIpc) is 2.91. The largest absolute Gasteiger partial charge is 0.378 e. The van der Waals surface area contributed by atoms with Crippen LogP contribution in [0.4, 0.5) is 0 Å². The number of hydrogen-bond donors (Lipinski definition) is 1. The molecule has 3 rings (SSSR count). The van der Waals surface area contributed by atoms with Crippen molar-refractivity contribution in [2.75, 3.05) is 6.61 Å². The fourth-order valence-corrected chi connectivity index (χ4v) is 4.72. The summed E-state index contributed by atoms with van der Waals surface area (Å²) >= 11 is 0. The SMILES string of the molecule is CCC1CC2(CCO1)CC(=O)NC(=O)C2C1CCCC1. The molecule has 1 aliphatic carbocycles. The van der Waals surface area contributed by atoms with Crippen LogP contribution in [0.2, 0.25) is 0 Å². The van der Waals surface area contributed by atoms with Crippen LogP contribution in [-0.2, 0) is 14.3 Å². The molecule has 2 saturated heterocycles. The fourth-order valence-electron chi connectivity index (χ4n) is 4.72. The summed E-state index contributed by atoms with van der Waals surface area (Å²) in [7, 11) is 0. The van der Waals surface area contributed by atoms with E-state index in [-0.39, 0.29) is 29.3 Å². The molecule has 4 nitrogen and oxygen atoms in total. The molecule has 1 saturated carbocycles. The zero-order chi connectivity index (χ0) is 14.2. The number of imide groups is 1. The van der Waals surface area contributed by atoms with E-state index in [4.69, 9.17) is 4.74 Å². The Balaban J connectivity index is 1.89. The van der Waals surface area contributed by atoms with Crippen LogP contribution in [0.5, 0.6) is 0 Å². The van der Waals surface area contributed by atoms with Crippen molar-refractivity contribution in [1.29, 1.82) is 0 Å². The van der Waals surface area contributed by atoms with Gasteiger partial charge in [0.15, 0.2) is 0 Å². The van der Waals surface area contributed by atoms with Crippen molar-refractivity contribution in [1.82, 2.24) is 5.32 Å². The van der Waals surface area contributed by atoms with Gasteiger partial charge in [0.05, 0.1) is 6.10 Å². The van der Waals surface area contributed by atoms with Gasteiger partial charge in [0.1, 0.15) is 0 Å². The molecular formula is C16H25NO3. The Labute approximate surface area is 120 Å². The summed E-state index contributed by atoms with van der Waals surface area (Å²) in [6.45, 7) is 2.82. The number of amides is 2. The van der Waals surface area contributed by atoms with Gasteiger partial charge in [-0.15, -0.1) is 0 Å². The van der Waals surface area contributed by atoms with Crippen molar-refractivity contribution in [2.24, 2.45) is 17.3 Å². The second-order valence-corrected chi connectivity index (χ2v) is 6.83. The molecule has 2 amide bonds. The van der Waals surface area contributed by atoms with Crippen LogP contribution in [0.3, 0.4) is 0 Å². The Morgan fingerprint density at radius 3 is 2.75 bits per heavy atom.